The maximum Gasteiger partial charge on any atom is 0.274 e. The largest absolute Gasteiger partial charge is 0.384 e. The van der Waals surface area contributed by atoms with Crippen LogP contribution >= 0.6 is 0 Å². The lowest BCUT2D eigenvalue weighted by Crippen LogP contribution is -2.18. The van der Waals surface area contributed by atoms with Gasteiger partial charge in [-0.2, -0.15) is 0 Å². The summed E-state index contributed by atoms with van der Waals surface area (Å²) in [6.45, 7) is 3.29. The Labute approximate surface area is 138 Å². The van der Waals surface area contributed by atoms with Crippen LogP contribution in [0.3, 0.4) is 0 Å². The van der Waals surface area contributed by atoms with Gasteiger partial charge in [0.05, 0.1) is 17.6 Å². The average Bonchev–Trinajstić information content (AvgIpc) is 3.09. The van der Waals surface area contributed by atoms with Gasteiger partial charge in [0.25, 0.3) is 5.91 Å². The maximum absolute atomic E-state index is 12.3. The summed E-state index contributed by atoms with van der Waals surface area (Å²) >= 11 is 0. The highest BCUT2D eigenvalue weighted by Crippen LogP contribution is 2.18. The number of imidazole rings is 1. The molecule has 0 saturated carbocycles. The van der Waals surface area contributed by atoms with Gasteiger partial charge in [-0.3, -0.25) is 14.3 Å². The molecule has 24 heavy (non-hydrogen) atoms. The Morgan fingerprint density at radius 2 is 2.04 bits per heavy atom. The summed E-state index contributed by atoms with van der Waals surface area (Å²) in [5.41, 5.74) is 0.218. The van der Waals surface area contributed by atoms with Gasteiger partial charge in [0.2, 0.25) is 5.95 Å². The standard InChI is InChI=1S/C16H16N6O2/c1-16(2,24)13-4-3-11(9-19-13)20-14(23)12-5-6-18-15(21-12)22-8-7-17-10-22/h3-10,24H,1-2H3,(H,20,23). The Balaban J connectivity index is 1.77. The minimum absolute atomic E-state index is 0.222. The number of hydrogen-bond acceptors (Lipinski definition) is 6. The summed E-state index contributed by atoms with van der Waals surface area (Å²) in [6, 6.07) is 4.86. The van der Waals surface area contributed by atoms with Crippen molar-refractivity contribution in [2.24, 2.45) is 0 Å². The zero-order chi connectivity index (χ0) is 17.2. The predicted octanol–water partition coefficient (Wildman–Crippen LogP) is 1.54. The van der Waals surface area contributed by atoms with Gasteiger partial charge in [0, 0.05) is 18.6 Å². The van der Waals surface area contributed by atoms with Gasteiger partial charge < -0.3 is 10.4 Å². The summed E-state index contributed by atoms with van der Waals surface area (Å²) < 4.78 is 1.61. The molecule has 0 radical (unpaired) electrons. The predicted molar refractivity (Wildman–Crippen MR) is 86.6 cm³/mol. The highest BCUT2D eigenvalue weighted by atomic mass is 16.3. The molecule has 0 saturated heterocycles. The molecule has 3 rings (SSSR count). The molecule has 1 amide bonds. The molecule has 8 nitrogen and oxygen atoms in total. The molecule has 3 aromatic heterocycles. The molecule has 0 fully saturated rings. The Kier molecular flexibility index (Phi) is 4.05. The van der Waals surface area contributed by atoms with Crippen molar-refractivity contribution in [1.29, 1.82) is 0 Å². The summed E-state index contributed by atoms with van der Waals surface area (Å²) in [6.07, 6.45) is 7.84. The molecule has 0 aliphatic rings. The van der Waals surface area contributed by atoms with Crippen molar-refractivity contribution in [3.05, 3.63) is 60.7 Å². The Bertz CT molecular complexity index is 838. The quantitative estimate of drug-likeness (QED) is 0.754. The monoisotopic (exact) mass is 324 g/mol. The number of carbonyl (C=O) groups is 1. The van der Waals surface area contributed by atoms with Crippen LogP contribution in [0.5, 0.6) is 0 Å². The van der Waals surface area contributed by atoms with Crippen LogP contribution in [0, 0.1) is 0 Å². The molecule has 3 aromatic rings. The maximum atomic E-state index is 12.3. The third-order valence-corrected chi connectivity index (χ3v) is 3.26. The van der Waals surface area contributed by atoms with Crippen LogP contribution in [0.25, 0.3) is 5.95 Å². The van der Waals surface area contributed by atoms with Gasteiger partial charge in [-0.15, -0.1) is 0 Å². The van der Waals surface area contributed by atoms with E-state index < -0.39 is 5.60 Å². The Morgan fingerprint density at radius 3 is 2.67 bits per heavy atom. The summed E-state index contributed by atoms with van der Waals surface area (Å²) in [4.78, 5) is 28.7. The topological polar surface area (TPSA) is 106 Å². The van der Waals surface area contributed by atoms with E-state index in [1.165, 1.54) is 18.5 Å². The van der Waals surface area contributed by atoms with Gasteiger partial charge in [-0.05, 0) is 32.0 Å². The molecule has 122 valence electrons. The van der Waals surface area contributed by atoms with Crippen LogP contribution < -0.4 is 5.32 Å². The number of amides is 1. The average molecular weight is 324 g/mol. The number of nitrogens with zero attached hydrogens (tertiary/aromatic N) is 5. The van der Waals surface area contributed by atoms with Crippen LogP contribution in [0.2, 0.25) is 0 Å². The highest BCUT2D eigenvalue weighted by molar-refractivity contribution is 6.02. The molecule has 0 aliphatic heterocycles. The van der Waals surface area contributed by atoms with Crippen LogP contribution in [-0.2, 0) is 5.60 Å². The number of rotatable bonds is 4. The molecule has 0 aliphatic carbocycles. The minimum Gasteiger partial charge on any atom is -0.384 e. The van der Waals surface area contributed by atoms with Crippen molar-refractivity contribution in [2.75, 3.05) is 5.32 Å². The number of aliphatic hydroxyl groups is 1. The molecule has 0 aromatic carbocycles. The summed E-state index contributed by atoms with van der Waals surface area (Å²) in [7, 11) is 0. The fourth-order valence-electron chi connectivity index (χ4n) is 2.00. The third kappa shape index (κ3) is 3.44. The fourth-order valence-corrected chi connectivity index (χ4v) is 2.00. The van der Waals surface area contributed by atoms with Crippen molar-refractivity contribution < 1.29 is 9.90 Å². The lowest BCUT2D eigenvalue weighted by molar-refractivity contribution is 0.0739. The molecule has 0 atom stereocenters. The lowest BCUT2D eigenvalue weighted by Gasteiger charge is -2.16. The molecule has 0 unspecified atom stereocenters. The molecule has 3 heterocycles. The van der Waals surface area contributed by atoms with E-state index in [1.807, 2.05) is 0 Å². The van der Waals surface area contributed by atoms with Crippen molar-refractivity contribution in [2.45, 2.75) is 19.4 Å². The van der Waals surface area contributed by atoms with Crippen LogP contribution in [0.4, 0.5) is 5.69 Å². The lowest BCUT2D eigenvalue weighted by atomic mass is 10.1. The first-order valence-electron chi connectivity index (χ1n) is 7.25. The first-order valence-corrected chi connectivity index (χ1v) is 7.25. The number of carbonyl (C=O) groups excluding carboxylic acids is 1. The Hall–Kier alpha value is -3.13. The van der Waals surface area contributed by atoms with Crippen molar-refractivity contribution in [3.63, 3.8) is 0 Å². The van der Waals surface area contributed by atoms with Gasteiger partial charge in [0.1, 0.15) is 17.6 Å². The number of nitrogens with one attached hydrogen (secondary N) is 1. The first-order chi connectivity index (χ1) is 11.4. The second kappa shape index (κ2) is 6.17. The van der Waals surface area contributed by atoms with Crippen LogP contribution in [0.15, 0.2) is 49.3 Å². The number of aromatic nitrogens is 5. The minimum atomic E-state index is -1.03. The molecule has 2 N–H and O–H groups in total. The second-order valence-electron chi connectivity index (χ2n) is 5.66. The SMILES string of the molecule is CC(C)(O)c1ccc(NC(=O)c2ccnc(-n3ccnc3)n2)cn1. The zero-order valence-corrected chi connectivity index (χ0v) is 13.2. The van der Waals surface area contributed by atoms with Gasteiger partial charge in [-0.25, -0.2) is 15.0 Å². The van der Waals surface area contributed by atoms with E-state index >= 15 is 0 Å². The van der Waals surface area contributed by atoms with E-state index in [4.69, 9.17) is 0 Å². The number of hydrogen-bond donors (Lipinski definition) is 2. The van der Waals surface area contributed by atoms with Crippen molar-refractivity contribution in [3.8, 4) is 5.95 Å². The second-order valence-corrected chi connectivity index (χ2v) is 5.66. The molecular formula is C16H16N6O2. The summed E-state index contributed by atoms with van der Waals surface area (Å²) in [5.74, 6) is -0.0211. The number of anilines is 1. The van der Waals surface area contributed by atoms with Gasteiger partial charge in [-0.1, -0.05) is 0 Å². The smallest absolute Gasteiger partial charge is 0.274 e. The molecule has 8 heteroatoms. The Morgan fingerprint density at radius 1 is 1.21 bits per heavy atom. The summed E-state index contributed by atoms with van der Waals surface area (Å²) in [5, 5.41) is 12.6. The van der Waals surface area contributed by atoms with E-state index in [2.05, 4.69) is 25.3 Å². The van der Waals surface area contributed by atoms with Crippen molar-refractivity contribution in [1.82, 2.24) is 24.5 Å². The molecular weight excluding hydrogens is 308 g/mol. The highest BCUT2D eigenvalue weighted by Gasteiger charge is 2.17. The number of pyridine rings is 1. The van der Waals surface area contributed by atoms with Gasteiger partial charge in [0.15, 0.2) is 0 Å². The van der Waals surface area contributed by atoms with Crippen molar-refractivity contribution >= 4 is 11.6 Å². The van der Waals surface area contributed by atoms with Crippen LogP contribution in [0.1, 0.15) is 30.0 Å². The van der Waals surface area contributed by atoms with E-state index in [0.717, 1.165) is 0 Å². The normalized spacial score (nSPS) is 11.3. The zero-order valence-electron chi connectivity index (χ0n) is 13.2. The van der Waals surface area contributed by atoms with E-state index in [0.29, 0.717) is 17.3 Å². The fraction of sp³-hybridized carbons (Fsp3) is 0.188. The van der Waals surface area contributed by atoms with Crippen LogP contribution in [-0.4, -0.2) is 35.5 Å². The van der Waals surface area contributed by atoms with Gasteiger partial charge >= 0.3 is 0 Å². The third-order valence-electron chi connectivity index (χ3n) is 3.26. The van der Waals surface area contributed by atoms with E-state index in [-0.39, 0.29) is 11.6 Å². The first kappa shape index (κ1) is 15.8. The van der Waals surface area contributed by atoms with E-state index in [9.17, 15) is 9.90 Å². The molecule has 0 bridgehead atoms. The van der Waals surface area contributed by atoms with E-state index in [1.54, 1.807) is 49.3 Å². The molecule has 0 spiro atoms.